The van der Waals surface area contributed by atoms with Gasteiger partial charge in [-0.05, 0) is 78.3 Å². The Morgan fingerprint density at radius 3 is 2.04 bits per heavy atom. The fourth-order valence-corrected chi connectivity index (χ4v) is 9.08. The second-order valence-electron chi connectivity index (χ2n) is 13.7. The summed E-state index contributed by atoms with van der Waals surface area (Å²) in [6, 6.07) is 54.1. The Bertz CT molecular complexity index is 3000. The minimum absolute atomic E-state index is 0.561. The van der Waals surface area contributed by atoms with Gasteiger partial charge in [0.15, 0.2) is 5.84 Å². The van der Waals surface area contributed by atoms with Crippen LogP contribution in [-0.2, 0) is 6.54 Å². The monoisotopic (exact) mass is 754 g/mol. The van der Waals surface area contributed by atoms with E-state index in [0.717, 1.165) is 22.4 Å². The van der Waals surface area contributed by atoms with Crippen molar-refractivity contribution in [3.05, 3.63) is 199 Å². The summed E-state index contributed by atoms with van der Waals surface area (Å²) in [5, 5.41) is 7.70. The van der Waals surface area contributed by atoms with E-state index in [1.165, 1.54) is 63.9 Å². The molecule has 0 unspecified atom stereocenters. The lowest BCUT2D eigenvalue weighted by Gasteiger charge is -2.11. The third kappa shape index (κ3) is 7.17. The van der Waals surface area contributed by atoms with Crippen molar-refractivity contribution in [2.24, 2.45) is 15.0 Å². The summed E-state index contributed by atoms with van der Waals surface area (Å²) in [4.78, 5) is 12.8. The topological polar surface area (TPSA) is 42.0 Å². The summed E-state index contributed by atoms with van der Waals surface area (Å²) in [6.45, 7) is 14.0. The smallest absolute Gasteiger partial charge is 0.154 e. The zero-order chi connectivity index (χ0) is 39.1. The molecule has 9 aromatic rings. The number of thiophene rings is 1. The number of amidine groups is 1. The summed E-state index contributed by atoms with van der Waals surface area (Å²) < 4.78 is 5.08. The molecule has 4 nitrogen and oxygen atoms in total. The molecule has 9 rings (SSSR count). The van der Waals surface area contributed by atoms with Crippen LogP contribution in [0.1, 0.15) is 18.1 Å². The van der Waals surface area contributed by atoms with Crippen molar-refractivity contribution in [1.29, 1.82) is 0 Å². The first-order valence-electron chi connectivity index (χ1n) is 19.0. The second kappa shape index (κ2) is 16.8. The molecule has 0 atom stereocenters. The van der Waals surface area contributed by atoms with Crippen LogP contribution >= 0.6 is 11.3 Å². The summed E-state index contributed by atoms with van der Waals surface area (Å²) in [5.41, 5.74) is 9.26. The molecular formula is C52H42N4S. The van der Waals surface area contributed by atoms with E-state index in [9.17, 15) is 0 Å². The van der Waals surface area contributed by atoms with Crippen LogP contribution in [0.5, 0.6) is 0 Å². The number of rotatable bonds is 9. The van der Waals surface area contributed by atoms with Gasteiger partial charge in [0.2, 0.25) is 0 Å². The Morgan fingerprint density at radius 2 is 1.33 bits per heavy atom. The SMILES string of the molecule is C=C/C=C(\C=C/C)CN=C.C=NC(=NCc1ccccc1)c1ccc(-n2c3ccccc3c3c4ccccc4c4sc5c(-c6ccccc6)cccc5c4c32)cc1. The van der Waals surface area contributed by atoms with Crippen LogP contribution in [0, 0.1) is 0 Å². The van der Waals surface area contributed by atoms with Gasteiger partial charge in [-0.1, -0.05) is 152 Å². The number of benzene rings is 7. The first-order chi connectivity index (χ1) is 28.1. The van der Waals surface area contributed by atoms with Crippen LogP contribution in [0.2, 0.25) is 0 Å². The van der Waals surface area contributed by atoms with Crippen molar-refractivity contribution in [3.63, 3.8) is 0 Å². The second-order valence-corrected chi connectivity index (χ2v) is 14.7. The van der Waals surface area contributed by atoms with Gasteiger partial charge in [0.25, 0.3) is 0 Å². The molecule has 0 spiro atoms. The minimum Gasteiger partial charge on any atom is -0.309 e. The van der Waals surface area contributed by atoms with Crippen LogP contribution in [0.3, 0.4) is 0 Å². The maximum atomic E-state index is 4.79. The van der Waals surface area contributed by atoms with E-state index in [2.05, 4.69) is 168 Å². The molecule has 0 saturated heterocycles. The van der Waals surface area contributed by atoms with E-state index in [4.69, 9.17) is 4.99 Å². The molecule has 0 aliphatic heterocycles. The van der Waals surface area contributed by atoms with Crippen LogP contribution in [0.15, 0.2) is 203 Å². The number of hydrogen-bond acceptors (Lipinski definition) is 3. The van der Waals surface area contributed by atoms with Gasteiger partial charge in [-0.3, -0.25) is 9.98 Å². The number of hydrogen-bond donors (Lipinski definition) is 0. The van der Waals surface area contributed by atoms with Crippen molar-refractivity contribution in [3.8, 4) is 16.8 Å². The standard InChI is InChI=1S/C43H29N3S.C9H13N/c1-44-43(45-27-28-13-4-2-5-14-28)30-23-25-31(26-24-30)46-37-22-11-10-19-35(37)38-33-17-8-9-18-34(33)42-39(40(38)46)36-21-12-20-32(41(36)47-42)29-15-6-3-7-16-29;1-4-6-9(7-5-2)8-10-3/h2-26H,1,27H2;4-7H,1,3,8H2,2H3/b;7-5-,9-6+. The Morgan fingerprint density at radius 1 is 0.667 bits per heavy atom. The lowest BCUT2D eigenvalue weighted by molar-refractivity contribution is 1.06. The number of allylic oxidation sites excluding steroid dienone is 3. The van der Waals surface area contributed by atoms with Gasteiger partial charge in [0, 0.05) is 47.6 Å². The zero-order valence-corrected chi connectivity index (χ0v) is 32.8. The molecule has 0 bridgehead atoms. The number of aromatic nitrogens is 1. The van der Waals surface area contributed by atoms with Crippen molar-refractivity contribution in [2.45, 2.75) is 13.5 Å². The molecule has 57 heavy (non-hydrogen) atoms. The van der Waals surface area contributed by atoms with E-state index in [1.807, 2.05) is 54.7 Å². The van der Waals surface area contributed by atoms with Gasteiger partial charge >= 0.3 is 0 Å². The van der Waals surface area contributed by atoms with Gasteiger partial charge in [0.1, 0.15) is 0 Å². The molecule has 276 valence electrons. The third-order valence-corrected chi connectivity index (χ3v) is 11.4. The highest BCUT2D eigenvalue weighted by atomic mass is 32.1. The predicted molar refractivity (Wildman–Crippen MR) is 250 cm³/mol. The summed E-state index contributed by atoms with van der Waals surface area (Å²) in [6.07, 6.45) is 7.64. The summed E-state index contributed by atoms with van der Waals surface area (Å²) in [5.74, 6) is 0.647. The average Bonchev–Trinajstić information content (AvgIpc) is 3.82. The number of aliphatic imine (C=N–C) groups is 3. The van der Waals surface area contributed by atoms with Crippen LogP contribution in [-0.4, -0.2) is 30.4 Å². The quantitative estimate of drug-likeness (QED) is 0.0800. The van der Waals surface area contributed by atoms with E-state index in [0.29, 0.717) is 18.9 Å². The Kier molecular flexibility index (Phi) is 10.9. The Balaban J connectivity index is 0.000000405. The zero-order valence-electron chi connectivity index (χ0n) is 32.0. The van der Waals surface area contributed by atoms with Crippen molar-refractivity contribution in [1.82, 2.24) is 4.57 Å². The molecule has 0 aliphatic rings. The fourth-order valence-electron chi connectivity index (χ4n) is 7.70. The predicted octanol–water partition coefficient (Wildman–Crippen LogP) is 14.0. The molecule has 0 radical (unpaired) electrons. The van der Waals surface area contributed by atoms with E-state index >= 15 is 0 Å². The Hall–Kier alpha value is -6.95. The van der Waals surface area contributed by atoms with Crippen LogP contribution < -0.4 is 0 Å². The molecule has 0 aliphatic carbocycles. The van der Waals surface area contributed by atoms with Gasteiger partial charge in [0.05, 0.1) is 24.1 Å². The van der Waals surface area contributed by atoms with Crippen molar-refractivity contribution < 1.29 is 0 Å². The minimum atomic E-state index is 0.561. The van der Waals surface area contributed by atoms with Gasteiger partial charge in [-0.25, -0.2) is 4.99 Å². The lowest BCUT2D eigenvalue weighted by atomic mass is 9.98. The highest BCUT2D eigenvalue weighted by Crippen LogP contribution is 2.49. The lowest BCUT2D eigenvalue weighted by Crippen LogP contribution is -2.00. The molecular weight excluding hydrogens is 713 g/mol. The molecule has 2 heterocycles. The molecule has 2 aromatic heterocycles. The van der Waals surface area contributed by atoms with Crippen LogP contribution in [0.4, 0.5) is 0 Å². The Labute approximate surface area is 337 Å². The van der Waals surface area contributed by atoms with E-state index in [-0.39, 0.29) is 0 Å². The molecule has 5 heteroatoms. The van der Waals surface area contributed by atoms with Gasteiger partial charge in [-0.2, -0.15) is 0 Å². The summed E-state index contributed by atoms with van der Waals surface area (Å²) in [7, 11) is 0. The maximum Gasteiger partial charge on any atom is 0.154 e. The average molecular weight is 755 g/mol. The van der Waals surface area contributed by atoms with Gasteiger partial charge < -0.3 is 4.57 Å². The highest BCUT2D eigenvalue weighted by Gasteiger charge is 2.22. The summed E-state index contributed by atoms with van der Waals surface area (Å²) >= 11 is 1.91. The number of nitrogens with zero attached hydrogens (tertiary/aromatic N) is 4. The first kappa shape index (κ1) is 37.0. The normalized spacial score (nSPS) is 12.1. The van der Waals surface area contributed by atoms with E-state index in [1.54, 1.807) is 6.08 Å². The molecule has 7 aromatic carbocycles. The highest BCUT2D eigenvalue weighted by molar-refractivity contribution is 7.27. The van der Waals surface area contributed by atoms with E-state index < -0.39 is 0 Å². The third-order valence-electron chi connectivity index (χ3n) is 10.1. The largest absolute Gasteiger partial charge is 0.309 e. The molecule has 0 fully saturated rings. The molecule has 0 N–H and O–H groups in total. The van der Waals surface area contributed by atoms with Gasteiger partial charge in [-0.15, -0.1) is 11.3 Å². The molecule has 0 saturated carbocycles. The number of fused-ring (bicyclic) bond motifs is 10. The molecule has 0 amide bonds. The van der Waals surface area contributed by atoms with Crippen LogP contribution in [0.25, 0.3) is 69.6 Å². The number of para-hydroxylation sites is 1. The van der Waals surface area contributed by atoms with Crippen molar-refractivity contribution in [2.75, 3.05) is 6.54 Å². The maximum absolute atomic E-state index is 4.79. The first-order valence-corrected chi connectivity index (χ1v) is 19.8. The van der Waals surface area contributed by atoms with Crippen molar-refractivity contribution >= 4 is 83.4 Å². The fraction of sp³-hybridized carbons (Fsp3) is 0.0577.